The van der Waals surface area contributed by atoms with Crippen LogP contribution in [0.15, 0.2) is 34.6 Å². The fourth-order valence-corrected chi connectivity index (χ4v) is 2.47. The number of nitrogens with zero attached hydrogens (tertiary/aromatic N) is 3. The lowest BCUT2D eigenvalue weighted by atomic mass is 10.2. The van der Waals surface area contributed by atoms with E-state index in [2.05, 4.69) is 31.4 Å². The van der Waals surface area contributed by atoms with Gasteiger partial charge in [-0.3, -0.25) is 20.6 Å². The highest BCUT2D eigenvalue weighted by Gasteiger charge is 2.16. The van der Waals surface area contributed by atoms with Crippen molar-refractivity contribution in [1.29, 1.82) is 0 Å². The summed E-state index contributed by atoms with van der Waals surface area (Å²) in [6.07, 6.45) is 6.04. The van der Waals surface area contributed by atoms with E-state index in [-0.39, 0.29) is 11.7 Å². The molecule has 154 valence electrons. The highest BCUT2D eigenvalue weighted by atomic mass is 35.5. The van der Waals surface area contributed by atoms with Crippen molar-refractivity contribution in [1.82, 2.24) is 21.2 Å². The summed E-state index contributed by atoms with van der Waals surface area (Å²) in [6, 6.07) is 5.44. The van der Waals surface area contributed by atoms with Gasteiger partial charge in [-0.05, 0) is 25.0 Å². The van der Waals surface area contributed by atoms with Crippen molar-refractivity contribution < 1.29 is 14.3 Å². The molecule has 0 radical (unpaired) electrons. The molecular formula is C18H27ClN6O3. The van der Waals surface area contributed by atoms with Gasteiger partial charge >= 0.3 is 0 Å². The summed E-state index contributed by atoms with van der Waals surface area (Å²) in [7, 11) is 0. The van der Waals surface area contributed by atoms with Gasteiger partial charge in [0.15, 0.2) is 5.84 Å². The summed E-state index contributed by atoms with van der Waals surface area (Å²) in [5, 5.41) is 10.7. The Morgan fingerprint density at radius 3 is 2.54 bits per heavy atom. The van der Waals surface area contributed by atoms with Crippen molar-refractivity contribution in [2.75, 3.05) is 38.9 Å². The highest BCUT2D eigenvalue weighted by Crippen LogP contribution is 2.01. The van der Waals surface area contributed by atoms with Gasteiger partial charge in [0.2, 0.25) is 5.84 Å². The summed E-state index contributed by atoms with van der Waals surface area (Å²) >= 11 is 5.62. The van der Waals surface area contributed by atoms with Crippen LogP contribution in [0, 0.1) is 0 Å². The van der Waals surface area contributed by atoms with Crippen LogP contribution in [-0.2, 0) is 14.3 Å². The normalized spacial score (nSPS) is 13.2. The van der Waals surface area contributed by atoms with Crippen molar-refractivity contribution in [2.24, 2.45) is 10.2 Å². The summed E-state index contributed by atoms with van der Waals surface area (Å²) in [5.41, 5.74) is 5.96. The maximum Gasteiger partial charge on any atom is 0.290 e. The van der Waals surface area contributed by atoms with Crippen LogP contribution >= 0.6 is 11.6 Å². The lowest BCUT2D eigenvalue weighted by molar-refractivity contribution is -0.115. The zero-order valence-corrected chi connectivity index (χ0v) is 16.6. The number of unbranched alkanes of at least 4 members (excludes halogenated alkanes) is 3. The van der Waals surface area contributed by atoms with Gasteiger partial charge < -0.3 is 14.8 Å². The molecule has 2 rings (SSSR count). The van der Waals surface area contributed by atoms with Crippen LogP contribution in [0.4, 0.5) is 0 Å². The van der Waals surface area contributed by atoms with Crippen LogP contribution in [-0.4, -0.2) is 61.4 Å². The number of aromatic nitrogens is 1. The predicted molar refractivity (Wildman–Crippen MR) is 108 cm³/mol. The van der Waals surface area contributed by atoms with Gasteiger partial charge in [-0.1, -0.05) is 18.9 Å². The number of amidine groups is 2. The number of amides is 1. The Labute approximate surface area is 169 Å². The monoisotopic (exact) mass is 410 g/mol. The molecule has 3 N–H and O–H groups in total. The second-order valence-corrected chi connectivity index (χ2v) is 6.32. The maximum atomic E-state index is 12.0. The first-order valence-electron chi connectivity index (χ1n) is 9.39. The van der Waals surface area contributed by atoms with Crippen LogP contribution in [0.5, 0.6) is 0 Å². The maximum absolute atomic E-state index is 12.0. The lowest BCUT2D eigenvalue weighted by Gasteiger charge is -2.14. The molecule has 1 aromatic heterocycles. The smallest absolute Gasteiger partial charge is 0.290 e. The number of alkyl halides is 1. The molecule has 1 aliphatic rings. The summed E-state index contributed by atoms with van der Waals surface area (Å²) in [6.45, 7) is 2.55. The van der Waals surface area contributed by atoms with E-state index in [0.29, 0.717) is 37.9 Å². The third-order valence-electron chi connectivity index (χ3n) is 3.75. The molecule has 0 aromatic carbocycles. The standard InChI is InChI=1S/C18H27ClN6O3/c19-8-4-1-2-6-11-27-13-14-28-12-10-21-18(26)17-24-22-16(23-25-17)15-7-3-5-9-20-15/h3,5,7,9H,1-2,4,6,8,10-14H2,(H,21,26)(H,22,23)(H,24,25). The molecule has 1 aliphatic heterocycles. The molecule has 0 saturated carbocycles. The molecule has 2 heterocycles. The molecule has 0 fully saturated rings. The third kappa shape index (κ3) is 8.64. The molecule has 1 amide bonds. The number of nitrogens with one attached hydrogen (secondary N) is 3. The fraction of sp³-hybridized carbons (Fsp3) is 0.556. The van der Waals surface area contributed by atoms with Gasteiger partial charge in [0.1, 0.15) is 5.69 Å². The molecule has 0 saturated heterocycles. The first kappa shape index (κ1) is 22.1. The van der Waals surface area contributed by atoms with E-state index in [1.54, 1.807) is 18.3 Å². The van der Waals surface area contributed by atoms with E-state index in [1.807, 2.05) is 6.07 Å². The molecule has 0 atom stereocenters. The number of rotatable bonds is 14. The molecule has 1 aromatic rings. The van der Waals surface area contributed by atoms with E-state index < -0.39 is 0 Å². The topological polar surface area (TPSA) is 109 Å². The Balaban J connectivity index is 1.47. The molecule has 0 aliphatic carbocycles. The predicted octanol–water partition coefficient (Wildman–Crippen LogP) is 1.20. The van der Waals surface area contributed by atoms with Crippen LogP contribution < -0.4 is 16.2 Å². The van der Waals surface area contributed by atoms with Gasteiger partial charge in [-0.15, -0.1) is 16.7 Å². The first-order chi connectivity index (χ1) is 13.8. The third-order valence-corrected chi connectivity index (χ3v) is 4.01. The Hall–Kier alpha value is -2.23. The minimum atomic E-state index is -0.367. The quantitative estimate of drug-likeness (QED) is 0.314. The van der Waals surface area contributed by atoms with Crippen molar-refractivity contribution >= 4 is 29.2 Å². The summed E-state index contributed by atoms with van der Waals surface area (Å²) in [5.74, 6) is 0.884. The number of ether oxygens (including phenoxy) is 2. The molecule has 0 spiro atoms. The highest BCUT2D eigenvalue weighted by molar-refractivity contribution is 6.38. The van der Waals surface area contributed by atoms with Crippen molar-refractivity contribution in [3.05, 3.63) is 30.1 Å². The molecule has 9 nitrogen and oxygen atoms in total. The molecule has 0 bridgehead atoms. The number of hydrogen-bond acceptors (Lipinski definition) is 8. The van der Waals surface area contributed by atoms with E-state index in [4.69, 9.17) is 21.1 Å². The molecule has 10 heteroatoms. The second kappa shape index (κ2) is 13.9. The Morgan fingerprint density at radius 2 is 1.82 bits per heavy atom. The van der Waals surface area contributed by atoms with E-state index >= 15 is 0 Å². The number of hydrazone groups is 2. The van der Waals surface area contributed by atoms with Crippen molar-refractivity contribution in [3.8, 4) is 0 Å². The number of carbonyl (C=O) groups is 1. The van der Waals surface area contributed by atoms with Gasteiger partial charge in [0.25, 0.3) is 5.91 Å². The average Bonchev–Trinajstić information content (AvgIpc) is 2.75. The Morgan fingerprint density at radius 1 is 1.00 bits per heavy atom. The van der Waals surface area contributed by atoms with Crippen LogP contribution in [0.3, 0.4) is 0 Å². The first-order valence-corrected chi connectivity index (χ1v) is 9.93. The largest absolute Gasteiger partial charge is 0.379 e. The van der Waals surface area contributed by atoms with Gasteiger partial charge in [0.05, 0.1) is 19.8 Å². The van der Waals surface area contributed by atoms with Crippen LogP contribution in [0.1, 0.15) is 31.4 Å². The van der Waals surface area contributed by atoms with E-state index in [1.165, 1.54) is 0 Å². The number of carbonyl (C=O) groups excluding carboxylic acids is 1. The van der Waals surface area contributed by atoms with Crippen molar-refractivity contribution in [3.63, 3.8) is 0 Å². The van der Waals surface area contributed by atoms with E-state index in [0.717, 1.165) is 38.2 Å². The summed E-state index contributed by atoms with van der Waals surface area (Å²) < 4.78 is 10.9. The van der Waals surface area contributed by atoms with Gasteiger partial charge in [-0.2, -0.15) is 5.10 Å². The average molecular weight is 411 g/mol. The van der Waals surface area contributed by atoms with Crippen molar-refractivity contribution in [2.45, 2.75) is 25.7 Å². The summed E-state index contributed by atoms with van der Waals surface area (Å²) in [4.78, 5) is 16.2. The molecule has 28 heavy (non-hydrogen) atoms. The fourth-order valence-electron chi connectivity index (χ4n) is 2.28. The lowest BCUT2D eigenvalue weighted by Crippen LogP contribution is -2.44. The number of halogens is 1. The Bertz CT molecular complexity index is 641. The minimum Gasteiger partial charge on any atom is -0.379 e. The van der Waals surface area contributed by atoms with Crippen LogP contribution in [0.2, 0.25) is 0 Å². The SMILES string of the molecule is O=C(NCCOCCOCCCCCCCl)C1=NNC(c2ccccn2)=NN1. The minimum absolute atomic E-state index is 0.0807. The molecule has 0 unspecified atom stereocenters. The Kier molecular flexibility index (Phi) is 10.9. The number of hydrogen-bond donors (Lipinski definition) is 3. The molecular weight excluding hydrogens is 384 g/mol. The van der Waals surface area contributed by atoms with Gasteiger partial charge in [-0.25, -0.2) is 0 Å². The number of pyridine rings is 1. The second-order valence-electron chi connectivity index (χ2n) is 5.94. The van der Waals surface area contributed by atoms with Gasteiger partial charge in [0, 0.05) is 25.2 Å². The zero-order chi connectivity index (χ0) is 19.9. The zero-order valence-electron chi connectivity index (χ0n) is 15.8. The van der Waals surface area contributed by atoms with E-state index in [9.17, 15) is 4.79 Å². The van der Waals surface area contributed by atoms with Crippen LogP contribution in [0.25, 0.3) is 0 Å².